The first-order chi connectivity index (χ1) is 12.9. The topological polar surface area (TPSA) is 94.7 Å². The van der Waals surface area contributed by atoms with Crippen molar-refractivity contribution in [2.45, 2.75) is 39.2 Å². The molecule has 0 N–H and O–H groups in total. The van der Waals surface area contributed by atoms with Crippen molar-refractivity contribution in [3.8, 4) is 0 Å². The van der Waals surface area contributed by atoms with Crippen molar-refractivity contribution in [1.82, 2.24) is 4.57 Å². The fourth-order valence-corrected chi connectivity index (χ4v) is 3.77. The number of hydrogen-bond donors (Lipinski definition) is 0. The molecule has 0 radical (unpaired) electrons. The summed E-state index contributed by atoms with van der Waals surface area (Å²) >= 11 is 0. The summed E-state index contributed by atoms with van der Waals surface area (Å²) in [4.78, 5) is 38.5. The number of nitro groups is 1. The third kappa shape index (κ3) is 2.75. The van der Waals surface area contributed by atoms with Gasteiger partial charge in [0.1, 0.15) is 11.3 Å². The van der Waals surface area contributed by atoms with E-state index >= 15 is 0 Å². The van der Waals surface area contributed by atoms with Crippen LogP contribution in [0.4, 0.5) is 11.4 Å². The number of esters is 1. The van der Waals surface area contributed by atoms with Crippen LogP contribution in [0.25, 0.3) is 10.9 Å². The molecular weight excluding hydrogens is 350 g/mol. The number of ether oxygens (including phenoxy) is 1. The van der Waals surface area contributed by atoms with Gasteiger partial charge in [-0.05, 0) is 33.1 Å². The average Bonchev–Trinajstić information content (AvgIpc) is 3.40. The van der Waals surface area contributed by atoms with Crippen LogP contribution in [-0.2, 0) is 4.74 Å². The van der Waals surface area contributed by atoms with Gasteiger partial charge in [-0.1, -0.05) is 0 Å². The number of anilines is 1. The summed E-state index contributed by atoms with van der Waals surface area (Å²) in [6.45, 7) is 5.19. The molecule has 0 unspecified atom stereocenters. The zero-order valence-electron chi connectivity index (χ0n) is 15.4. The summed E-state index contributed by atoms with van der Waals surface area (Å²) in [5.41, 5.74) is 1.32. The minimum absolute atomic E-state index is 0.0679. The molecule has 1 saturated carbocycles. The monoisotopic (exact) mass is 371 g/mol. The molecule has 4 rings (SSSR count). The van der Waals surface area contributed by atoms with Gasteiger partial charge < -0.3 is 14.2 Å². The smallest absolute Gasteiger partial charge is 0.343 e. The second-order valence-electron chi connectivity index (χ2n) is 7.09. The van der Waals surface area contributed by atoms with Crippen LogP contribution in [0.15, 0.2) is 17.1 Å². The van der Waals surface area contributed by atoms with Gasteiger partial charge in [0.15, 0.2) is 0 Å². The molecule has 1 saturated heterocycles. The summed E-state index contributed by atoms with van der Waals surface area (Å²) in [5.74, 6) is -0.689. The number of carbonyl (C=O) groups excluding carboxylic acids is 1. The Labute approximate surface area is 155 Å². The van der Waals surface area contributed by atoms with E-state index in [2.05, 4.69) is 0 Å². The van der Waals surface area contributed by atoms with Gasteiger partial charge in [0.2, 0.25) is 5.43 Å². The number of fused-ring (bicyclic) bond motifs is 1. The summed E-state index contributed by atoms with van der Waals surface area (Å²) in [7, 11) is 0. The summed E-state index contributed by atoms with van der Waals surface area (Å²) in [5, 5.41) is 11.9. The molecule has 8 heteroatoms. The first kappa shape index (κ1) is 17.5. The molecule has 0 atom stereocenters. The number of aryl methyl sites for hydroxylation is 1. The maximum atomic E-state index is 13.0. The second-order valence-corrected chi connectivity index (χ2v) is 7.09. The van der Waals surface area contributed by atoms with E-state index in [0.717, 1.165) is 37.9 Å². The van der Waals surface area contributed by atoms with Crippen LogP contribution in [0, 0.1) is 17.0 Å². The molecule has 27 heavy (non-hydrogen) atoms. The highest BCUT2D eigenvalue weighted by atomic mass is 16.6. The van der Waals surface area contributed by atoms with Crippen molar-refractivity contribution in [2.75, 3.05) is 24.6 Å². The van der Waals surface area contributed by atoms with Crippen LogP contribution in [-0.4, -0.2) is 35.2 Å². The van der Waals surface area contributed by atoms with Crippen molar-refractivity contribution in [1.29, 1.82) is 0 Å². The number of pyridine rings is 1. The Kier molecular flexibility index (Phi) is 4.13. The number of rotatable bonds is 5. The third-order valence-corrected chi connectivity index (χ3v) is 5.31. The van der Waals surface area contributed by atoms with Crippen molar-refractivity contribution in [3.05, 3.63) is 43.7 Å². The minimum atomic E-state index is -0.689. The standard InChI is InChI=1S/C19H21N3O5/c1-3-27-19(24)14-10-21(12-5-6-12)16-11(2)17(20-7-4-8-20)15(22(25)26)9-13(16)18(14)23/h9-10,12H,3-8H2,1-2H3. The van der Waals surface area contributed by atoms with Crippen LogP contribution < -0.4 is 10.3 Å². The molecule has 0 bridgehead atoms. The van der Waals surface area contributed by atoms with E-state index in [0.29, 0.717) is 11.2 Å². The first-order valence-electron chi connectivity index (χ1n) is 9.23. The Morgan fingerprint density at radius 2 is 2.07 bits per heavy atom. The van der Waals surface area contributed by atoms with Gasteiger partial charge in [-0.2, -0.15) is 0 Å². The summed E-state index contributed by atoms with van der Waals surface area (Å²) in [6.07, 6.45) is 4.47. The van der Waals surface area contributed by atoms with Gasteiger partial charge in [-0.25, -0.2) is 4.79 Å². The maximum Gasteiger partial charge on any atom is 0.343 e. The van der Waals surface area contributed by atoms with Crippen LogP contribution in [0.1, 0.15) is 48.1 Å². The lowest BCUT2D eigenvalue weighted by atomic mass is 10.0. The fraction of sp³-hybridized carbons (Fsp3) is 0.474. The van der Waals surface area contributed by atoms with E-state index in [-0.39, 0.29) is 29.3 Å². The lowest BCUT2D eigenvalue weighted by molar-refractivity contribution is -0.384. The maximum absolute atomic E-state index is 13.0. The zero-order valence-corrected chi connectivity index (χ0v) is 15.4. The van der Waals surface area contributed by atoms with Gasteiger partial charge in [-0.15, -0.1) is 0 Å². The Hall–Kier alpha value is -2.90. The fourth-order valence-electron chi connectivity index (χ4n) is 3.77. The molecule has 0 amide bonds. The number of nitrogens with zero attached hydrogens (tertiary/aromatic N) is 3. The molecule has 2 heterocycles. The Morgan fingerprint density at radius 3 is 2.59 bits per heavy atom. The summed E-state index contributed by atoms with van der Waals surface area (Å²) < 4.78 is 6.95. The summed E-state index contributed by atoms with van der Waals surface area (Å²) in [6, 6.07) is 1.53. The predicted octanol–water partition coefficient (Wildman–Crippen LogP) is 2.94. The Bertz CT molecular complexity index is 1020. The van der Waals surface area contributed by atoms with Gasteiger partial charge in [-0.3, -0.25) is 14.9 Å². The number of aromatic nitrogens is 1. The van der Waals surface area contributed by atoms with E-state index in [1.807, 2.05) is 16.4 Å². The van der Waals surface area contributed by atoms with Gasteiger partial charge in [0.25, 0.3) is 5.69 Å². The molecule has 142 valence electrons. The van der Waals surface area contributed by atoms with E-state index in [1.54, 1.807) is 13.1 Å². The molecule has 2 aliphatic rings. The van der Waals surface area contributed by atoms with Crippen LogP contribution >= 0.6 is 0 Å². The quantitative estimate of drug-likeness (QED) is 0.456. The number of benzene rings is 1. The number of nitro benzene ring substituents is 1. The third-order valence-electron chi connectivity index (χ3n) is 5.31. The molecule has 2 fully saturated rings. The Morgan fingerprint density at radius 1 is 1.37 bits per heavy atom. The average molecular weight is 371 g/mol. The van der Waals surface area contributed by atoms with Crippen LogP contribution in [0.2, 0.25) is 0 Å². The van der Waals surface area contributed by atoms with E-state index < -0.39 is 16.3 Å². The van der Waals surface area contributed by atoms with Crippen molar-refractivity contribution < 1.29 is 14.5 Å². The van der Waals surface area contributed by atoms with Crippen molar-refractivity contribution in [3.63, 3.8) is 0 Å². The lowest BCUT2D eigenvalue weighted by Gasteiger charge is -2.34. The lowest BCUT2D eigenvalue weighted by Crippen LogP contribution is -2.38. The largest absolute Gasteiger partial charge is 0.462 e. The zero-order chi connectivity index (χ0) is 19.3. The van der Waals surface area contributed by atoms with Crippen molar-refractivity contribution >= 4 is 28.2 Å². The minimum Gasteiger partial charge on any atom is -0.462 e. The predicted molar refractivity (Wildman–Crippen MR) is 101 cm³/mol. The highest BCUT2D eigenvalue weighted by Gasteiger charge is 2.33. The van der Waals surface area contributed by atoms with Crippen LogP contribution in [0.5, 0.6) is 0 Å². The van der Waals surface area contributed by atoms with Crippen LogP contribution in [0.3, 0.4) is 0 Å². The number of hydrogen-bond acceptors (Lipinski definition) is 6. The Balaban J connectivity index is 2.06. The normalized spacial score (nSPS) is 16.3. The van der Waals surface area contributed by atoms with E-state index in [4.69, 9.17) is 4.74 Å². The molecule has 1 aromatic carbocycles. The molecule has 0 spiro atoms. The number of carbonyl (C=O) groups is 1. The highest BCUT2D eigenvalue weighted by Crippen LogP contribution is 2.43. The second kappa shape index (κ2) is 6.37. The van der Waals surface area contributed by atoms with E-state index in [9.17, 15) is 19.7 Å². The highest BCUT2D eigenvalue weighted by molar-refractivity contribution is 5.98. The van der Waals surface area contributed by atoms with Gasteiger partial charge in [0.05, 0.1) is 22.4 Å². The van der Waals surface area contributed by atoms with Gasteiger partial charge in [0, 0.05) is 37.0 Å². The molecule has 8 nitrogen and oxygen atoms in total. The SMILES string of the molecule is CCOC(=O)c1cn(C2CC2)c2c(C)c(N3CCC3)c([N+](=O)[O-])cc2c1=O. The van der Waals surface area contributed by atoms with Gasteiger partial charge >= 0.3 is 5.97 Å². The van der Waals surface area contributed by atoms with E-state index in [1.165, 1.54) is 6.07 Å². The molecule has 2 aromatic rings. The molecule has 1 aliphatic carbocycles. The first-order valence-corrected chi connectivity index (χ1v) is 9.23. The van der Waals surface area contributed by atoms with Crippen molar-refractivity contribution in [2.24, 2.45) is 0 Å². The molecule has 1 aromatic heterocycles. The molecule has 1 aliphatic heterocycles. The molecular formula is C19H21N3O5.